The van der Waals surface area contributed by atoms with Crippen LogP contribution in [0.3, 0.4) is 0 Å². The van der Waals surface area contributed by atoms with Gasteiger partial charge in [-0.05, 0) is 17.9 Å². The third-order valence-electron chi connectivity index (χ3n) is 2.92. The molecule has 10 heteroatoms. The fraction of sp³-hybridized carbons (Fsp3) is 0.214. The van der Waals surface area contributed by atoms with Gasteiger partial charge in [0.15, 0.2) is 4.90 Å². The van der Waals surface area contributed by atoms with Crippen LogP contribution in [0.2, 0.25) is 0 Å². The number of nitrogens with zero attached hydrogens (tertiary/aromatic N) is 3. The summed E-state index contributed by atoms with van der Waals surface area (Å²) < 4.78 is 54.6. The van der Waals surface area contributed by atoms with Crippen molar-refractivity contribution < 1.29 is 22.1 Å². The number of aromatic nitrogens is 3. The quantitative estimate of drug-likeness (QED) is 0.508. The Balaban J connectivity index is 2.04. The van der Waals surface area contributed by atoms with Crippen LogP contribution in [0.25, 0.3) is 22.8 Å². The molecule has 0 bridgehead atoms. The largest absolute Gasteiger partial charge is 0.604 e. The number of rotatable bonds is 4. The van der Waals surface area contributed by atoms with Crippen LogP contribution in [0.1, 0.15) is 6.92 Å². The summed E-state index contributed by atoms with van der Waals surface area (Å²) >= 11 is -1.63. The Morgan fingerprint density at radius 1 is 1.33 bits per heavy atom. The number of pyridine rings is 2. The highest BCUT2D eigenvalue weighted by molar-refractivity contribution is 7.99. The highest BCUT2D eigenvalue weighted by Crippen LogP contribution is 2.33. The molecule has 0 aliphatic rings. The Morgan fingerprint density at radius 3 is 2.83 bits per heavy atom. The monoisotopic (exact) mass is 373 g/mol. The zero-order chi connectivity index (χ0) is 17.3. The van der Waals surface area contributed by atoms with Crippen LogP contribution in [0, 0.1) is 0 Å². The molecule has 0 saturated heterocycles. The van der Waals surface area contributed by atoms with Gasteiger partial charge in [-0.1, -0.05) is 6.92 Å². The fourth-order valence-corrected chi connectivity index (χ4v) is 3.36. The maximum absolute atomic E-state index is 12.6. The molecule has 0 aromatic carbocycles. The van der Waals surface area contributed by atoms with Crippen LogP contribution in [0.15, 0.2) is 44.8 Å². The second-order valence-electron chi connectivity index (χ2n) is 4.51. The summed E-state index contributed by atoms with van der Waals surface area (Å²) in [6.07, 6.45) is 2.45. The minimum Gasteiger partial charge on any atom is -0.604 e. The van der Waals surface area contributed by atoms with Gasteiger partial charge in [-0.25, -0.2) is 15.0 Å². The molecule has 24 heavy (non-hydrogen) atoms. The summed E-state index contributed by atoms with van der Waals surface area (Å²) in [5, 5.41) is 0. The average Bonchev–Trinajstić information content (AvgIpc) is 2.97. The Morgan fingerprint density at radius 2 is 2.12 bits per heavy atom. The SMILES string of the molecule is CCSc1cccnc1-c1nc2cc([S+]([O-])C(F)(F)F)cnc2o1. The van der Waals surface area contributed by atoms with E-state index in [9.17, 15) is 17.7 Å². The summed E-state index contributed by atoms with van der Waals surface area (Å²) in [4.78, 5) is 12.5. The van der Waals surface area contributed by atoms with Gasteiger partial charge in [0.25, 0.3) is 0 Å². The predicted octanol–water partition coefficient (Wildman–Crippen LogP) is 4.02. The number of halogens is 3. The number of hydrogen-bond donors (Lipinski definition) is 0. The minimum absolute atomic E-state index is 0.0611. The lowest BCUT2D eigenvalue weighted by Gasteiger charge is -2.10. The zero-order valence-corrected chi connectivity index (χ0v) is 13.8. The molecule has 0 aliphatic carbocycles. The van der Waals surface area contributed by atoms with Crippen molar-refractivity contribution in [1.29, 1.82) is 0 Å². The van der Waals surface area contributed by atoms with E-state index in [0.29, 0.717) is 5.69 Å². The smallest absolute Gasteiger partial charge is 0.578 e. The maximum Gasteiger partial charge on any atom is 0.578 e. The van der Waals surface area contributed by atoms with Gasteiger partial charge in [0.1, 0.15) is 22.4 Å². The van der Waals surface area contributed by atoms with E-state index < -0.39 is 21.6 Å². The van der Waals surface area contributed by atoms with Crippen LogP contribution < -0.4 is 0 Å². The first-order valence-electron chi connectivity index (χ1n) is 6.73. The first-order chi connectivity index (χ1) is 11.4. The van der Waals surface area contributed by atoms with Gasteiger partial charge in [0.05, 0.1) is 6.20 Å². The number of hydrogen-bond acceptors (Lipinski definition) is 6. The van der Waals surface area contributed by atoms with Crippen molar-refractivity contribution in [3.63, 3.8) is 0 Å². The molecule has 0 radical (unpaired) electrons. The Labute approximate surface area is 141 Å². The minimum atomic E-state index is -4.85. The van der Waals surface area contributed by atoms with E-state index in [1.165, 1.54) is 11.8 Å². The first-order valence-corrected chi connectivity index (χ1v) is 8.87. The predicted molar refractivity (Wildman–Crippen MR) is 83.9 cm³/mol. The topological polar surface area (TPSA) is 74.9 Å². The second kappa shape index (κ2) is 6.61. The summed E-state index contributed by atoms with van der Waals surface area (Å²) in [5.41, 5.74) is -4.21. The first kappa shape index (κ1) is 17.1. The molecule has 0 aliphatic heterocycles. The van der Waals surface area contributed by atoms with Crippen molar-refractivity contribution in [1.82, 2.24) is 15.0 Å². The van der Waals surface area contributed by atoms with Crippen molar-refractivity contribution in [2.75, 3.05) is 5.75 Å². The van der Waals surface area contributed by atoms with Crippen molar-refractivity contribution in [3.05, 3.63) is 30.6 Å². The molecular formula is C14H10F3N3O2S2. The van der Waals surface area contributed by atoms with Crippen molar-refractivity contribution in [2.24, 2.45) is 0 Å². The Kier molecular flexibility index (Phi) is 4.70. The van der Waals surface area contributed by atoms with Crippen molar-refractivity contribution >= 4 is 34.2 Å². The van der Waals surface area contributed by atoms with E-state index in [0.717, 1.165) is 22.9 Å². The van der Waals surface area contributed by atoms with Crippen LogP contribution in [-0.2, 0) is 11.2 Å². The van der Waals surface area contributed by atoms with Gasteiger partial charge in [0.2, 0.25) is 11.6 Å². The van der Waals surface area contributed by atoms with Gasteiger partial charge in [0, 0.05) is 17.2 Å². The Hall–Kier alpha value is -1.78. The molecule has 3 heterocycles. The summed E-state index contributed by atoms with van der Waals surface area (Å²) in [7, 11) is 0. The summed E-state index contributed by atoms with van der Waals surface area (Å²) in [6, 6.07) is 4.68. The average molecular weight is 373 g/mol. The summed E-state index contributed by atoms with van der Waals surface area (Å²) in [5.74, 6) is 0.968. The zero-order valence-electron chi connectivity index (χ0n) is 12.2. The van der Waals surface area contributed by atoms with E-state index in [1.807, 2.05) is 13.0 Å². The number of alkyl halides is 3. The van der Waals surface area contributed by atoms with E-state index >= 15 is 0 Å². The van der Waals surface area contributed by atoms with E-state index in [2.05, 4.69) is 15.0 Å². The maximum atomic E-state index is 12.6. The molecule has 0 N–H and O–H groups in total. The van der Waals surface area contributed by atoms with Gasteiger partial charge in [-0.2, -0.15) is 0 Å². The van der Waals surface area contributed by atoms with Crippen LogP contribution >= 0.6 is 11.8 Å². The third-order valence-corrected chi connectivity index (χ3v) is 4.92. The molecule has 1 atom stereocenters. The number of fused-ring (bicyclic) bond motifs is 1. The van der Waals surface area contributed by atoms with Crippen molar-refractivity contribution in [2.45, 2.75) is 22.2 Å². The van der Waals surface area contributed by atoms with Gasteiger partial charge >= 0.3 is 5.51 Å². The van der Waals surface area contributed by atoms with Crippen LogP contribution in [0.5, 0.6) is 0 Å². The molecular weight excluding hydrogens is 363 g/mol. The highest BCUT2D eigenvalue weighted by atomic mass is 32.2. The van der Waals surface area contributed by atoms with Crippen molar-refractivity contribution in [3.8, 4) is 11.6 Å². The van der Waals surface area contributed by atoms with Gasteiger partial charge in [-0.3, -0.25) is 0 Å². The van der Waals surface area contributed by atoms with Gasteiger partial charge in [-0.15, -0.1) is 24.9 Å². The molecule has 5 nitrogen and oxygen atoms in total. The molecule has 0 saturated carbocycles. The molecule has 3 aromatic heterocycles. The highest BCUT2D eigenvalue weighted by Gasteiger charge is 2.46. The molecule has 0 spiro atoms. The third kappa shape index (κ3) is 3.35. The summed E-state index contributed by atoms with van der Waals surface area (Å²) in [6.45, 7) is 1.98. The number of thioether (sulfide) groups is 1. The lowest BCUT2D eigenvalue weighted by molar-refractivity contribution is -0.0435. The van der Waals surface area contributed by atoms with Gasteiger partial charge < -0.3 is 8.97 Å². The molecule has 0 fully saturated rings. The molecule has 3 rings (SSSR count). The lowest BCUT2D eigenvalue weighted by Crippen LogP contribution is -2.23. The number of oxazole rings is 1. The van der Waals surface area contributed by atoms with E-state index in [4.69, 9.17) is 4.42 Å². The standard InChI is InChI=1S/C14H10F3N3O2S2/c1-2-23-10-4-3-5-18-11(10)13-20-9-6-8(7-19-12(9)22-13)24(21)14(15,16)17/h3-7H,2H2,1H3. The second-order valence-corrected chi connectivity index (χ2v) is 7.29. The van der Waals surface area contributed by atoms with E-state index in [-0.39, 0.29) is 17.1 Å². The Bertz CT molecular complexity index is 870. The normalized spacial score (nSPS) is 13.4. The molecule has 3 aromatic rings. The lowest BCUT2D eigenvalue weighted by atomic mass is 10.3. The van der Waals surface area contributed by atoms with E-state index in [1.54, 1.807) is 12.3 Å². The van der Waals surface area contributed by atoms with Crippen LogP contribution in [-0.4, -0.2) is 30.8 Å². The van der Waals surface area contributed by atoms with Crippen LogP contribution in [0.4, 0.5) is 13.2 Å². The molecule has 126 valence electrons. The molecule has 0 amide bonds. The molecule has 1 unspecified atom stereocenters. The fourth-order valence-electron chi connectivity index (χ4n) is 1.96.